The van der Waals surface area contributed by atoms with Crippen LogP contribution >= 0.6 is 12.6 Å². The van der Waals surface area contributed by atoms with Gasteiger partial charge in [-0.2, -0.15) is 14.0 Å². The van der Waals surface area contributed by atoms with Crippen molar-refractivity contribution in [2.24, 2.45) is 0 Å². The average Bonchev–Trinajstić information content (AvgIpc) is 2.65. The van der Waals surface area contributed by atoms with Gasteiger partial charge >= 0.3 is 0 Å². The molecule has 0 aliphatic rings. The van der Waals surface area contributed by atoms with Gasteiger partial charge in [-0.25, -0.2) is 0 Å². The van der Waals surface area contributed by atoms with Crippen molar-refractivity contribution >= 4 is 12.6 Å². The molecule has 0 amide bonds. The highest BCUT2D eigenvalue weighted by Gasteiger charge is 2.17. The van der Waals surface area contributed by atoms with Crippen molar-refractivity contribution in [1.29, 1.82) is 0 Å². The number of benzene rings is 3. The van der Waals surface area contributed by atoms with E-state index in [9.17, 15) is 0 Å². The lowest BCUT2D eigenvalue weighted by Crippen LogP contribution is -2.58. The first kappa shape index (κ1) is 26.4. The summed E-state index contributed by atoms with van der Waals surface area (Å²) in [5.41, 5.74) is 7.89. The van der Waals surface area contributed by atoms with E-state index in [-0.39, 0.29) is 10.8 Å². The second-order valence-corrected chi connectivity index (χ2v) is 11.0. The maximum absolute atomic E-state index is 8.60. The molecule has 0 heterocycles. The van der Waals surface area contributed by atoms with E-state index in [1.54, 1.807) is 0 Å². The predicted molar refractivity (Wildman–Crippen MR) is 124 cm³/mol. The number of hydrogen-bond acceptors (Lipinski definition) is 5. The lowest BCUT2D eigenvalue weighted by molar-refractivity contribution is -1.92. The second-order valence-electron chi connectivity index (χ2n) is 9.75. The van der Waals surface area contributed by atoms with Crippen LogP contribution in [0.25, 0.3) is 22.3 Å². The van der Waals surface area contributed by atoms with E-state index in [4.69, 9.17) is 31.3 Å². The van der Waals surface area contributed by atoms with Gasteiger partial charge in [-0.1, -0.05) is 102 Å². The van der Waals surface area contributed by atoms with Crippen molar-refractivity contribution in [3.8, 4) is 22.3 Å². The highest BCUT2D eigenvalue weighted by Crippen LogP contribution is 2.38. The van der Waals surface area contributed by atoms with Gasteiger partial charge in [0.1, 0.15) is 0 Å². The molecule has 0 aliphatic heterocycles. The molecule has 0 saturated carbocycles. The third-order valence-electron chi connectivity index (χ3n) is 5.14. The van der Waals surface area contributed by atoms with Crippen molar-refractivity contribution in [2.45, 2.75) is 57.3 Å². The zero-order valence-corrected chi connectivity index (χ0v) is 21.0. The fourth-order valence-electron chi connectivity index (χ4n) is 3.37. The first-order chi connectivity index (χ1) is 14.6. The third kappa shape index (κ3) is 7.62. The van der Waals surface area contributed by atoms with Gasteiger partial charge in [-0.3, -0.25) is 0 Å². The van der Waals surface area contributed by atoms with Gasteiger partial charge in [-0.05, 0) is 44.7 Å². The molecule has 6 heteroatoms. The summed E-state index contributed by atoms with van der Waals surface area (Å²) in [6, 6.07) is 24.2. The molecule has 0 atom stereocenters. The third-order valence-corrected chi connectivity index (χ3v) is 5.52. The Balaban J connectivity index is 0.000000654. The van der Waals surface area contributed by atoms with E-state index in [0.29, 0.717) is 0 Å². The second kappa shape index (κ2) is 9.96. The Hall–Kier alpha value is -1.86. The van der Waals surface area contributed by atoms with E-state index < -0.39 is 10.2 Å². The lowest BCUT2D eigenvalue weighted by Gasteiger charge is -2.21. The Labute approximate surface area is 198 Å². The van der Waals surface area contributed by atoms with E-state index >= 15 is 0 Å². The van der Waals surface area contributed by atoms with Gasteiger partial charge < -0.3 is 0 Å². The van der Waals surface area contributed by atoms with Crippen LogP contribution in [0.1, 0.15) is 52.7 Å². The Kier molecular flexibility index (Phi) is 8.21. The predicted octanol–water partition coefficient (Wildman–Crippen LogP) is 3.78. The van der Waals surface area contributed by atoms with Crippen LogP contribution in [0.4, 0.5) is 0 Å². The molecule has 0 aliphatic carbocycles. The molecule has 3 aromatic carbocycles. The summed E-state index contributed by atoms with van der Waals surface area (Å²) in [5, 5.41) is 0. The van der Waals surface area contributed by atoms with Crippen LogP contribution in [0.3, 0.4) is 0 Å². The molecule has 0 fully saturated rings. The molecule has 0 unspecified atom stereocenters. The molecule has 0 spiro atoms. The molecule has 172 valence electrons. The van der Waals surface area contributed by atoms with Gasteiger partial charge in [0.25, 0.3) is 0 Å². The molecule has 0 bridgehead atoms. The lowest BCUT2D eigenvalue weighted by atomic mass is 9.84. The van der Waals surface area contributed by atoms with Gasteiger partial charge in [0.2, 0.25) is 0 Å². The molecule has 3 aromatic rings. The zero-order chi connectivity index (χ0) is 24.3. The van der Waals surface area contributed by atoms with Crippen LogP contribution < -0.4 is 14.0 Å². The fraction of sp³-hybridized carbons (Fsp3) is 0.308. The number of rotatable bonds is 2. The molecular weight excluding hydrogens is 444 g/mol. The molecule has 4 nitrogen and oxygen atoms in total. The van der Waals surface area contributed by atoms with E-state index in [0.717, 1.165) is 4.90 Å². The normalized spacial score (nSPS) is 12.2. The fourth-order valence-corrected chi connectivity index (χ4v) is 3.71. The van der Waals surface area contributed by atoms with Gasteiger partial charge in [-0.15, -0.1) is 12.6 Å². The minimum atomic E-state index is -4.69. The maximum Gasteiger partial charge on any atom is 0.0777 e. The summed E-state index contributed by atoms with van der Waals surface area (Å²) < 4.78 is 32.7. The van der Waals surface area contributed by atoms with E-state index in [2.05, 4.69) is 108 Å². The van der Waals surface area contributed by atoms with Gasteiger partial charge in [0.15, 0.2) is 0 Å². The van der Waals surface area contributed by atoms with Crippen molar-refractivity contribution in [3.05, 3.63) is 77.9 Å². The molecule has 0 radical (unpaired) electrons. The van der Waals surface area contributed by atoms with Crippen LogP contribution in [-0.2, 0) is 10.8 Å². The standard InChI is InChI=1S/C26H30S.ClHO4/c1-25(2,3)20-14-10-18(11-15-20)22-8-7-9-23(27)24(22)19-12-16-21(17-13-19)26(4,5)6;2-1(3,4)5/h7-17,27H,1-6H3;(H,2,3,4,5). The summed E-state index contributed by atoms with van der Waals surface area (Å²) >= 11 is 4.78. The Morgan fingerprint density at radius 1 is 0.656 bits per heavy atom. The highest BCUT2D eigenvalue weighted by atomic mass is 35.7. The SMILES string of the molecule is CC(C)(C)c1ccc(-c2cccc(S)c2-c2ccc(C(C)(C)C)cc2)cc1.[O-][Cl+3]([O-])([O-])O. The smallest absolute Gasteiger partial charge is 0.0777 e. The summed E-state index contributed by atoms with van der Waals surface area (Å²) in [6.45, 7) is 13.5. The van der Waals surface area contributed by atoms with Crippen molar-refractivity contribution in [2.75, 3.05) is 0 Å². The summed E-state index contributed by atoms with van der Waals surface area (Å²) in [5.74, 6) is 0. The maximum atomic E-state index is 8.60. The topological polar surface area (TPSA) is 89.4 Å². The van der Waals surface area contributed by atoms with Gasteiger partial charge in [0, 0.05) is 10.5 Å². The minimum absolute atomic E-state index is 0.157. The summed E-state index contributed by atoms with van der Waals surface area (Å²) in [7, 11) is -4.69. The molecule has 32 heavy (non-hydrogen) atoms. The number of hydrogen-bond donors (Lipinski definition) is 2. The molecule has 0 saturated heterocycles. The first-order valence-electron chi connectivity index (χ1n) is 10.2. The van der Waals surface area contributed by atoms with Crippen LogP contribution in [0.2, 0.25) is 0 Å². The minimum Gasteiger partial charge on any atom is -0.183 e. The van der Waals surface area contributed by atoms with Crippen LogP contribution in [0.15, 0.2) is 71.6 Å². The van der Waals surface area contributed by atoms with Crippen molar-refractivity contribution in [3.63, 3.8) is 0 Å². The van der Waals surface area contributed by atoms with Crippen LogP contribution in [-0.4, -0.2) is 4.66 Å². The van der Waals surface area contributed by atoms with Crippen LogP contribution in [0.5, 0.6) is 0 Å². The molecule has 0 aromatic heterocycles. The molecular formula is C26H31ClO4S. The summed E-state index contributed by atoms with van der Waals surface area (Å²) in [4.78, 5) is 1.01. The zero-order valence-electron chi connectivity index (χ0n) is 19.3. The monoisotopic (exact) mass is 474 g/mol. The van der Waals surface area contributed by atoms with E-state index in [1.165, 1.54) is 33.4 Å². The summed E-state index contributed by atoms with van der Waals surface area (Å²) in [6.07, 6.45) is 0. The quantitative estimate of drug-likeness (QED) is 0.553. The largest absolute Gasteiger partial charge is 0.183 e. The Bertz CT molecular complexity index is 1020. The molecule has 1 N–H and O–H groups in total. The van der Waals surface area contributed by atoms with Crippen molar-refractivity contribution < 1.29 is 28.9 Å². The van der Waals surface area contributed by atoms with Gasteiger partial charge in [0.05, 0.1) is 14.9 Å². The highest BCUT2D eigenvalue weighted by molar-refractivity contribution is 7.80. The average molecular weight is 475 g/mol. The first-order valence-corrected chi connectivity index (χ1v) is 12.0. The van der Waals surface area contributed by atoms with E-state index in [1.807, 2.05) is 0 Å². The number of thiol groups is 1. The Morgan fingerprint density at radius 2 is 1.03 bits per heavy atom. The molecule has 3 rings (SSSR count). The van der Waals surface area contributed by atoms with Crippen molar-refractivity contribution in [1.82, 2.24) is 0 Å². The Morgan fingerprint density at radius 3 is 1.41 bits per heavy atom. The number of halogens is 1. The van der Waals surface area contributed by atoms with Crippen LogP contribution in [0, 0.1) is 10.2 Å².